The van der Waals surface area contributed by atoms with Gasteiger partial charge in [0.25, 0.3) is 11.6 Å². The molecule has 1 aromatic carbocycles. The van der Waals surface area contributed by atoms with Crippen LogP contribution in [0.5, 0.6) is 5.75 Å². The van der Waals surface area contributed by atoms with E-state index in [1.165, 1.54) is 29.1 Å². The van der Waals surface area contributed by atoms with Crippen molar-refractivity contribution >= 4 is 22.9 Å². The average Bonchev–Trinajstić information content (AvgIpc) is 3.22. The summed E-state index contributed by atoms with van der Waals surface area (Å²) in [5, 5.41) is 15.6. The molecule has 1 aliphatic heterocycles. The Labute approximate surface area is 160 Å². The maximum absolute atomic E-state index is 12.2. The summed E-state index contributed by atoms with van der Waals surface area (Å²) in [5.41, 5.74) is -0.0175. The summed E-state index contributed by atoms with van der Waals surface area (Å²) in [4.78, 5) is 25.8. The highest BCUT2D eigenvalue weighted by molar-refractivity contribution is 7.10. The summed E-state index contributed by atoms with van der Waals surface area (Å²) in [6, 6.07) is 9.84. The van der Waals surface area contributed by atoms with E-state index in [1.807, 2.05) is 11.4 Å². The van der Waals surface area contributed by atoms with Crippen LogP contribution in [0.2, 0.25) is 0 Å². The number of ether oxygens (including phenoxy) is 2. The third-order valence-corrected chi connectivity index (χ3v) is 5.24. The van der Waals surface area contributed by atoms with Gasteiger partial charge < -0.3 is 14.8 Å². The molecule has 0 aliphatic carbocycles. The molecule has 0 radical (unpaired) electrons. The first-order valence-electron chi connectivity index (χ1n) is 8.62. The lowest BCUT2D eigenvalue weighted by Crippen LogP contribution is -2.44. The second kappa shape index (κ2) is 9.45. The number of nitro groups is 1. The van der Waals surface area contributed by atoms with Gasteiger partial charge in [-0.05, 0) is 23.6 Å². The number of hydrogen-bond donors (Lipinski definition) is 1. The van der Waals surface area contributed by atoms with Crippen molar-refractivity contribution in [2.24, 2.45) is 0 Å². The molecular formula is C18H21N3O5S. The Balaban J connectivity index is 1.50. The van der Waals surface area contributed by atoms with Crippen LogP contribution in [0.4, 0.5) is 5.69 Å². The van der Waals surface area contributed by atoms with Crippen LogP contribution in [0, 0.1) is 10.1 Å². The Hall–Kier alpha value is -2.49. The van der Waals surface area contributed by atoms with E-state index in [1.54, 1.807) is 11.3 Å². The maximum Gasteiger partial charge on any atom is 0.269 e. The van der Waals surface area contributed by atoms with Gasteiger partial charge in [-0.25, -0.2) is 0 Å². The second-order valence-corrected chi connectivity index (χ2v) is 7.00. The van der Waals surface area contributed by atoms with Crippen molar-refractivity contribution in [1.29, 1.82) is 0 Å². The topological polar surface area (TPSA) is 93.9 Å². The van der Waals surface area contributed by atoms with Crippen LogP contribution in [-0.2, 0) is 9.53 Å². The summed E-state index contributed by atoms with van der Waals surface area (Å²) in [7, 11) is 0. The molecular weight excluding hydrogens is 370 g/mol. The predicted molar refractivity (Wildman–Crippen MR) is 101 cm³/mol. The van der Waals surface area contributed by atoms with E-state index in [-0.39, 0.29) is 24.2 Å². The number of nitro benzene ring substituents is 1. The minimum atomic E-state index is -0.479. The zero-order valence-corrected chi connectivity index (χ0v) is 15.5. The third-order valence-electron chi connectivity index (χ3n) is 4.27. The van der Waals surface area contributed by atoms with Crippen LogP contribution in [0.3, 0.4) is 0 Å². The smallest absolute Gasteiger partial charge is 0.269 e. The molecule has 1 saturated heterocycles. The van der Waals surface area contributed by atoms with E-state index in [0.717, 1.165) is 13.1 Å². The maximum atomic E-state index is 12.2. The van der Waals surface area contributed by atoms with Gasteiger partial charge in [-0.3, -0.25) is 19.8 Å². The fraction of sp³-hybridized carbons (Fsp3) is 0.389. The van der Waals surface area contributed by atoms with Crippen molar-refractivity contribution < 1.29 is 19.2 Å². The molecule has 0 bridgehead atoms. The lowest BCUT2D eigenvalue weighted by Gasteiger charge is -2.34. The largest absolute Gasteiger partial charge is 0.484 e. The fourth-order valence-corrected chi connectivity index (χ4v) is 3.72. The van der Waals surface area contributed by atoms with Crippen LogP contribution in [0.25, 0.3) is 0 Å². The monoisotopic (exact) mass is 391 g/mol. The van der Waals surface area contributed by atoms with Gasteiger partial charge in [-0.15, -0.1) is 11.3 Å². The Morgan fingerprint density at radius 2 is 2.04 bits per heavy atom. The van der Waals surface area contributed by atoms with Crippen molar-refractivity contribution in [3.05, 3.63) is 56.8 Å². The number of thiophene rings is 1. The molecule has 0 spiro atoms. The van der Waals surface area contributed by atoms with Crippen molar-refractivity contribution in [3.8, 4) is 5.75 Å². The number of benzene rings is 1. The van der Waals surface area contributed by atoms with Crippen LogP contribution in [0.1, 0.15) is 10.9 Å². The number of rotatable bonds is 8. The highest BCUT2D eigenvalue weighted by Crippen LogP contribution is 2.25. The van der Waals surface area contributed by atoms with E-state index < -0.39 is 4.92 Å². The van der Waals surface area contributed by atoms with Crippen LogP contribution < -0.4 is 10.1 Å². The van der Waals surface area contributed by atoms with Crippen LogP contribution >= 0.6 is 11.3 Å². The molecule has 1 atom stereocenters. The molecule has 2 heterocycles. The number of nitrogens with one attached hydrogen (secondary N) is 1. The standard InChI is InChI=1S/C18H21N3O5S/c22-18(13-26-15-5-3-14(4-6-15)21(23)24)19-12-16(17-2-1-11-27-17)20-7-9-25-10-8-20/h1-6,11,16H,7-10,12-13H2,(H,19,22)/t16-/m1/s1. The molecule has 1 fully saturated rings. The van der Waals surface area contributed by atoms with E-state index in [2.05, 4.69) is 16.3 Å². The number of carbonyl (C=O) groups is 1. The first kappa shape index (κ1) is 19.3. The quantitative estimate of drug-likeness (QED) is 0.548. The molecule has 0 saturated carbocycles. The predicted octanol–water partition coefficient (Wildman–Crippen LogP) is 2.22. The average molecular weight is 391 g/mol. The first-order chi connectivity index (χ1) is 13.1. The fourth-order valence-electron chi connectivity index (χ4n) is 2.85. The molecule has 9 heteroatoms. The highest BCUT2D eigenvalue weighted by atomic mass is 32.1. The van der Waals surface area contributed by atoms with Gasteiger partial charge in [-0.2, -0.15) is 0 Å². The van der Waals surface area contributed by atoms with E-state index in [0.29, 0.717) is 25.5 Å². The van der Waals surface area contributed by atoms with Crippen LogP contribution in [-0.4, -0.2) is 55.2 Å². The Morgan fingerprint density at radius 3 is 2.67 bits per heavy atom. The van der Waals surface area contributed by atoms with Crippen molar-refractivity contribution in [1.82, 2.24) is 10.2 Å². The van der Waals surface area contributed by atoms with Crippen molar-refractivity contribution in [3.63, 3.8) is 0 Å². The van der Waals surface area contributed by atoms with Gasteiger partial charge in [0, 0.05) is 36.6 Å². The summed E-state index contributed by atoms with van der Waals surface area (Å²) in [6.45, 7) is 3.40. The molecule has 1 aliphatic rings. The molecule has 3 rings (SSSR count). The molecule has 1 amide bonds. The molecule has 1 aromatic heterocycles. The number of nitrogens with zero attached hydrogens (tertiary/aromatic N) is 2. The van der Waals surface area contributed by atoms with Gasteiger partial charge in [0.15, 0.2) is 6.61 Å². The van der Waals surface area contributed by atoms with Gasteiger partial charge in [-0.1, -0.05) is 6.07 Å². The van der Waals surface area contributed by atoms with E-state index in [4.69, 9.17) is 9.47 Å². The number of non-ortho nitro benzene ring substituents is 1. The molecule has 8 nitrogen and oxygen atoms in total. The molecule has 144 valence electrons. The summed E-state index contributed by atoms with van der Waals surface area (Å²) < 4.78 is 10.8. The van der Waals surface area contributed by atoms with E-state index >= 15 is 0 Å². The number of morpholine rings is 1. The second-order valence-electron chi connectivity index (χ2n) is 6.02. The van der Waals surface area contributed by atoms with Crippen molar-refractivity contribution in [2.45, 2.75) is 6.04 Å². The Bertz CT molecular complexity index is 745. The summed E-state index contributed by atoms with van der Waals surface area (Å²) in [5.74, 6) is 0.182. The molecule has 27 heavy (non-hydrogen) atoms. The van der Waals surface area contributed by atoms with Gasteiger partial charge >= 0.3 is 0 Å². The number of hydrogen-bond acceptors (Lipinski definition) is 7. The van der Waals surface area contributed by atoms with Crippen molar-refractivity contribution in [2.75, 3.05) is 39.5 Å². The number of carbonyl (C=O) groups excluding carboxylic acids is 1. The molecule has 1 N–H and O–H groups in total. The lowest BCUT2D eigenvalue weighted by atomic mass is 10.2. The zero-order valence-electron chi connectivity index (χ0n) is 14.7. The van der Waals surface area contributed by atoms with Gasteiger partial charge in [0.1, 0.15) is 5.75 Å². The SMILES string of the molecule is O=C(COc1ccc([N+](=O)[O-])cc1)NC[C@H](c1cccs1)N1CCOCC1. The first-order valence-corrected chi connectivity index (χ1v) is 9.50. The van der Waals surface area contributed by atoms with Gasteiger partial charge in [0.05, 0.1) is 24.2 Å². The summed E-state index contributed by atoms with van der Waals surface area (Å²) in [6.07, 6.45) is 0. The van der Waals surface area contributed by atoms with Crippen LogP contribution in [0.15, 0.2) is 41.8 Å². The number of amides is 1. The van der Waals surface area contributed by atoms with E-state index in [9.17, 15) is 14.9 Å². The molecule has 2 aromatic rings. The minimum absolute atomic E-state index is 0.0175. The Kier molecular flexibility index (Phi) is 6.74. The summed E-state index contributed by atoms with van der Waals surface area (Å²) >= 11 is 1.67. The third kappa shape index (κ3) is 5.49. The zero-order chi connectivity index (χ0) is 19.1. The highest BCUT2D eigenvalue weighted by Gasteiger charge is 2.24. The Morgan fingerprint density at radius 1 is 1.30 bits per heavy atom. The van der Waals surface area contributed by atoms with Gasteiger partial charge in [0.2, 0.25) is 0 Å². The normalized spacial score (nSPS) is 15.9. The lowest BCUT2D eigenvalue weighted by molar-refractivity contribution is -0.384. The minimum Gasteiger partial charge on any atom is -0.484 e. The molecule has 0 unspecified atom stereocenters.